The first-order chi connectivity index (χ1) is 4.79. The van der Waals surface area contributed by atoms with Gasteiger partial charge in [-0.25, -0.2) is 0 Å². The van der Waals surface area contributed by atoms with E-state index in [0.717, 1.165) is 18.8 Å². The maximum atomic E-state index is 9.08. The highest BCUT2D eigenvalue weighted by Crippen LogP contribution is 2.22. The Balaban J connectivity index is 0.000000371. The molecule has 0 bridgehead atoms. The number of rotatable bonds is 0. The molecular weight excluding hydrogens is 126 g/mol. The highest BCUT2D eigenvalue weighted by molar-refractivity contribution is 4.67. The molecule has 0 aliphatic heterocycles. The predicted molar refractivity (Wildman–Crippen MR) is 43.8 cm³/mol. The molecule has 2 atom stereocenters. The molecule has 0 saturated heterocycles. The Morgan fingerprint density at radius 3 is 2.20 bits per heavy atom. The highest BCUT2D eigenvalue weighted by Gasteiger charge is 2.15. The molecule has 2 nitrogen and oxygen atoms in total. The van der Waals surface area contributed by atoms with Crippen LogP contribution in [0.1, 0.15) is 32.6 Å². The first-order valence-electron chi connectivity index (χ1n) is 4.05. The van der Waals surface area contributed by atoms with Crippen molar-refractivity contribution in [2.24, 2.45) is 11.7 Å². The second-order valence-corrected chi connectivity index (χ2v) is 2.93. The van der Waals surface area contributed by atoms with Crippen LogP contribution in [-0.2, 0) is 0 Å². The lowest BCUT2D eigenvalue weighted by molar-refractivity contribution is 0.106. The van der Waals surface area contributed by atoms with Crippen LogP contribution in [0, 0.1) is 5.92 Å². The van der Waals surface area contributed by atoms with E-state index >= 15 is 0 Å². The SMILES string of the molecule is CC1CCCC(O)C1.CN. The zero-order valence-corrected chi connectivity index (χ0v) is 7.01. The molecular formula is C8H19NO. The van der Waals surface area contributed by atoms with Crippen molar-refractivity contribution in [2.75, 3.05) is 7.05 Å². The molecule has 10 heavy (non-hydrogen) atoms. The standard InChI is InChI=1S/C7H14O.CH5N/c1-6-3-2-4-7(8)5-6;1-2/h6-8H,2-5H2,1H3;2H2,1H3. The second kappa shape index (κ2) is 5.69. The van der Waals surface area contributed by atoms with Crippen LogP contribution in [0.3, 0.4) is 0 Å². The van der Waals surface area contributed by atoms with Gasteiger partial charge in [0.1, 0.15) is 0 Å². The molecule has 0 aromatic carbocycles. The molecule has 0 amide bonds. The van der Waals surface area contributed by atoms with Gasteiger partial charge in [-0.1, -0.05) is 19.8 Å². The fourth-order valence-corrected chi connectivity index (χ4v) is 1.40. The van der Waals surface area contributed by atoms with Crippen molar-refractivity contribution in [2.45, 2.75) is 38.7 Å². The Hall–Kier alpha value is -0.0800. The fourth-order valence-electron chi connectivity index (χ4n) is 1.40. The van der Waals surface area contributed by atoms with E-state index in [1.165, 1.54) is 19.9 Å². The van der Waals surface area contributed by atoms with Gasteiger partial charge in [-0.3, -0.25) is 0 Å². The zero-order chi connectivity index (χ0) is 7.98. The van der Waals surface area contributed by atoms with Gasteiger partial charge in [-0.15, -0.1) is 0 Å². The summed E-state index contributed by atoms with van der Waals surface area (Å²) < 4.78 is 0. The number of aliphatic hydroxyl groups excluding tert-OH is 1. The average Bonchev–Trinajstić information content (AvgIpc) is 1.91. The summed E-state index contributed by atoms with van der Waals surface area (Å²) in [6, 6.07) is 0. The maximum absolute atomic E-state index is 9.08. The molecule has 2 unspecified atom stereocenters. The molecule has 0 heterocycles. The summed E-state index contributed by atoms with van der Waals surface area (Å²) >= 11 is 0. The minimum Gasteiger partial charge on any atom is -0.393 e. The normalized spacial score (nSPS) is 32.4. The van der Waals surface area contributed by atoms with Crippen LogP contribution in [0.15, 0.2) is 0 Å². The van der Waals surface area contributed by atoms with Crippen LogP contribution in [0.4, 0.5) is 0 Å². The van der Waals surface area contributed by atoms with Crippen molar-refractivity contribution < 1.29 is 5.11 Å². The topological polar surface area (TPSA) is 46.2 Å². The summed E-state index contributed by atoms with van der Waals surface area (Å²) in [5.74, 6) is 0.763. The second-order valence-electron chi connectivity index (χ2n) is 2.93. The van der Waals surface area contributed by atoms with E-state index in [0.29, 0.717) is 0 Å². The summed E-state index contributed by atoms with van der Waals surface area (Å²) in [4.78, 5) is 0. The largest absolute Gasteiger partial charge is 0.393 e. The van der Waals surface area contributed by atoms with E-state index in [9.17, 15) is 0 Å². The molecule has 2 heteroatoms. The Kier molecular flexibility index (Phi) is 5.64. The molecule has 1 fully saturated rings. The number of nitrogens with two attached hydrogens (primary N) is 1. The van der Waals surface area contributed by atoms with Crippen molar-refractivity contribution in [3.63, 3.8) is 0 Å². The summed E-state index contributed by atoms with van der Waals surface area (Å²) in [5.41, 5.74) is 4.50. The molecule has 1 aliphatic rings. The molecule has 1 saturated carbocycles. The van der Waals surface area contributed by atoms with Gasteiger partial charge in [0.05, 0.1) is 6.10 Å². The minimum atomic E-state index is 0.0127. The molecule has 0 aromatic heterocycles. The van der Waals surface area contributed by atoms with E-state index in [1.54, 1.807) is 0 Å². The third kappa shape index (κ3) is 3.85. The van der Waals surface area contributed by atoms with Gasteiger partial charge in [0, 0.05) is 0 Å². The van der Waals surface area contributed by atoms with Gasteiger partial charge < -0.3 is 10.8 Å². The molecule has 0 radical (unpaired) electrons. The number of hydrogen-bond acceptors (Lipinski definition) is 2. The quantitative estimate of drug-likeness (QED) is 0.537. The molecule has 1 aliphatic carbocycles. The zero-order valence-electron chi connectivity index (χ0n) is 7.01. The predicted octanol–water partition coefficient (Wildman–Crippen LogP) is 1.13. The van der Waals surface area contributed by atoms with E-state index in [2.05, 4.69) is 12.7 Å². The van der Waals surface area contributed by atoms with Gasteiger partial charge in [-0.05, 0) is 25.8 Å². The third-order valence-electron chi connectivity index (χ3n) is 1.91. The van der Waals surface area contributed by atoms with Gasteiger partial charge in [0.15, 0.2) is 0 Å². The highest BCUT2D eigenvalue weighted by atomic mass is 16.3. The van der Waals surface area contributed by atoms with Gasteiger partial charge in [0.25, 0.3) is 0 Å². The molecule has 1 rings (SSSR count). The number of aliphatic hydroxyl groups is 1. The van der Waals surface area contributed by atoms with Crippen LogP contribution in [0.25, 0.3) is 0 Å². The summed E-state index contributed by atoms with van der Waals surface area (Å²) in [6.45, 7) is 2.21. The smallest absolute Gasteiger partial charge is 0.0542 e. The molecule has 3 N–H and O–H groups in total. The number of hydrogen-bond donors (Lipinski definition) is 2. The van der Waals surface area contributed by atoms with E-state index in [4.69, 9.17) is 5.11 Å². The lowest BCUT2D eigenvalue weighted by Gasteiger charge is -2.21. The summed E-state index contributed by atoms with van der Waals surface area (Å²) in [6.07, 6.45) is 4.61. The van der Waals surface area contributed by atoms with Crippen LogP contribution in [0.5, 0.6) is 0 Å². The van der Waals surface area contributed by atoms with Gasteiger partial charge in [-0.2, -0.15) is 0 Å². The van der Waals surface area contributed by atoms with Crippen molar-refractivity contribution in [1.29, 1.82) is 0 Å². The van der Waals surface area contributed by atoms with Gasteiger partial charge in [0.2, 0.25) is 0 Å². The Morgan fingerprint density at radius 2 is 1.90 bits per heavy atom. The third-order valence-corrected chi connectivity index (χ3v) is 1.91. The van der Waals surface area contributed by atoms with E-state index in [1.807, 2.05) is 0 Å². The van der Waals surface area contributed by atoms with Crippen molar-refractivity contribution in [3.05, 3.63) is 0 Å². The summed E-state index contributed by atoms with van der Waals surface area (Å²) in [7, 11) is 1.50. The van der Waals surface area contributed by atoms with Crippen molar-refractivity contribution in [1.82, 2.24) is 0 Å². The molecule has 0 spiro atoms. The van der Waals surface area contributed by atoms with Crippen molar-refractivity contribution in [3.8, 4) is 0 Å². The maximum Gasteiger partial charge on any atom is 0.0542 e. The average molecular weight is 145 g/mol. The lowest BCUT2D eigenvalue weighted by atomic mass is 9.89. The first kappa shape index (κ1) is 9.92. The lowest BCUT2D eigenvalue weighted by Crippen LogP contribution is -2.16. The van der Waals surface area contributed by atoms with Crippen LogP contribution in [0.2, 0.25) is 0 Å². The fraction of sp³-hybridized carbons (Fsp3) is 1.00. The Labute approximate surface area is 63.4 Å². The van der Waals surface area contributed by atoms with Gasteiger partial charge >= 0.3 is 0 Å². The molecule has 0 aromatic rings. The monoisotopic (exact) mass is 145 g/mol. The van der Waals surface area contributed by atoms with Crippen molar-refractivity contribution >= 4 is 0 Å². The van der Waals surface area contributed by atoms with Crippen LogP contribution < -0.4 is 5.73 Å². The van der Waals surface area contributed by atoms with E-state index in [-0.39, 0.29) is 6.10 Å². The van der Waals surface area contributed by atoms with Crippen LogP contribution >= 0.6 is 0 Å². The summed E-state index contributed by atoms with van der Waals surface area (Å²) in [5, 5.41) is 9.08. The first-order valence-corrected chi connectivity index (χ1v) is 4.05. The molecule has 62 valence electrons. The van der Waals surface area contributed by atoms with Crippen LogP contribution in [-0.4, -0.2) is 18.3 Å². The van der Waals surface area contributed by atoms with E-state index < -0.39 is 0 Å². The minimum absolute atomic E-state index is 0.0127. The Bertz CT molecular complexity index is 67.7. The Morgan fingerprint density at radius 1 is 1.30 bits per heavy atom.